The van der Waals surface area contributed by atoms with E-state index in [1.54, 1.807) is 0 Å². The predicted octanol–water partition coefficient (Wildman–Crippen LogP) is 6.66. The van der Waals surface area contributed by atoms with Crippen LogP contribution in [-0.2, 0) is 13.1 Å². The summed E-state index contributed by atoms with van der Waals surface area (Å²) in [7, 11) is 0. The molecule has 150 valence electrons. The molecule has 0 bridgehead atoms. The number of hydroxylamine groups is 2. The van der Waals surface area contributed by atoms with E-state index < -0.39 is 0 Å². The third kappa shape index (κ3) is 5.70. The third-order valence-electron chi connectivity index (χ3n) is 4.53. The van der Waals surface area contributed by atoms with Gasteiger partial charge in [-0.15, -0.1) is 0 Å². The van der Waals surface area contributed by atoms with E-state index in [2.05, 4.69) is 0 Å². The minimum Gasteiger partial charge on any atom is -0.457 e. The van der Waals surface area contributed by atoms with E-state index in [0.717, 1.165) is 34.1 Å². The quantitative estimate of drug-likeness (QED) is 0.338. The van der Waals surface area contributed by atoms with Crippen LogP contribution in [0, 0.1) is 0 Å². The molecule has 0 aliphatic carbocycles. The van der Waals surface area contributed by atoms with Gasteiger partial charge in [0.15, 0.2) is 0 Å². The third-order valence-corrected chi connectivity index (χ3v) is 4.53. The van der Waals surface area contributed by atoms with Crippen molar-refractivity contribution in [2.45, 2.75) is 13.1 Å². The Morgan fingerprint density at radius 1 is 0.467 bits per heavy atom. The van der Waals surface area contributed by atoms with Crippen LogP contribution in [0.1, 0.15) is 11.1 Å². The molecule has 0 saturated heterocycles. The topological polar surface area (TPSA) is 41.9 Å². The smallest absolute Gasteiger partial charge is 0.127 e. The molecule has 0 fully saturated rings. The first kappa shape index (κ1) is 19.7. The van der Waals surface area contributed by atoms with E-state index in [4.69, 9.17) is 9.47 Å². The minimum absolute atomic E-state index is 0.424. The largest absolute Gasteiger partial charge is 0.457 e. The molecular weight excluding hydrogens is 374 g/mol. The van der Waals surface area contributed by atoms with Crippen LogP contribution in [0.4, 0.5) is 0 Å². The van der Waals surface area contributed by atoms with Gasteiger partial charge in [-0.1, -0.05) is 60.7 Å². The fourth-order valence-corrected chi connectivity index (χ4v) is 3.05. The number of nitrogens with zero attached hydrogens (tertiary/aromatic N) is 1. The second-order valence-corrected chi connectivity index (χ2v) is 6.94. The van der Waals surface area contributed by atoms with Crippen molar-refractivity contribution < 1.29 is 14.7 Å². The number of rotatable bonds is 8. The number of ether oxygens (including phenoxy) is 2. The average Bonchev–Trinajstić information content (AvgIpc) is 2.78. The zero-order valence-electron chi connectivity index (χ0n) is 16.5. The molecule has 0 saturated carbocycles. The molecule has 0 aromatic heterocycles. The van der Waals surface area contributed by atoms with Crippen molar-refractivity contribution in [3.63, 3.8) is 0 Å². The van der Waals surface area contributed by atoms with Gasteiger partial charge in [0.2, 0.25) is 0 Å². The Morgan fingerprint density at radius 2 is 0.800 bits per heavy atom. The molecule has 0 radical (unpaired) electrons. The number of hydrogen-bond donors (Lipinski definition) is 1. The Bertz CT molecular complexity index is 946. The van der Waals surface area contributed by atoms with Gasteiger partial charge < -0.3 is 14.7 Å². The molecule has 0 unspecified atom stereocenters. The van der Waals surface area contributed by atoms with E-state index in [9.17, 15) is 5.21 Å². The number of para-hydroxylation sites is 2. The van der Waals surface area contributed by atoms with Gasteiger partial charge in [-0.25, -0.2) is 0 Å². The lowest BCUT2D eigenvalue weighted by molar-refractivity contribution is -0.108. The Morgan fingerprint density at radius 3 is 1.17 bits per heavy atom. The highest BCUT2D eigenvalue weighted by molar-refractivity contribution is 5.34. The summed E-state index contributed by atoms with van der Waals surface area (Å²) in [5.41, 5.74) is 2.00. The fourth-order valence-electron chi connectivity index (χ4n) is 3.05. The van der Waals surface area contributed by atoms with Crippen molar-refractivity contribution in [1.82, 2.24) is 5.06 Å². The van der Waals surface area contributed by atoms with Crippen LogP contribution in [-0.4, -0.2) is 10.3 Å². The Labute approximate surface area is 176 Å². The van der Waals surface area contributed by atoms with Gasteiger partial charge in [0.05, 0.1) is 0 Å². The molecule has 4 aromatic carbocycles. The van der Waals surface area contributed by atoms with Crippen LogP contribution in [0.15, 0.2) is 109 Å². The summed E-state index contributed by atoms with van der Waals surface area (Å²) < 4.78 is 11.6. The normalized spacial score (nSPS) is 10.7. The summed E-state index contributed by atoms with van der Waals surface area (Å²) in [5.74, 6) is 3.13. The first-order valence-electron chi connectivity index (χ1n) is 9.82. The van der Waals surface area contributed by atoms with Crippen LogP contribution in [0.5, 0.6) is 23.0 Å². The van der Waals surface area contributed by atoms with Gasteiger partial charge in [0, 0.05) is 13.1 Å². The molecule has 4 aromatic rings. The maximum Gasteiger partial charge on any atom is 0.127 e. The molecule has 0 atom stereocenters. The fraction of sp³-hybridized carbons (Fsp3) is 0.0769. The Balaban J connectivity index is 1.29. The number of benzene rings is 4. The lowest BCUT2D eigenvalue weighted by Gasteiger charge is -2.15. The van der Waals surface area contributed by atoms with E-state index in [1.807, 2.05) is 109 Å². The molecule has 4 heteroatoms. The van der Waals surface area contributed by atoms with Gasteiger partial charge in [0.25, 0.3) is 0 Å². The SMILES string of the molecule is ON(Cc1ccc(Oc2ccccc2)cc1)Cc1ccc(Oc2ccccc2)cc1. The monoisotopic (exact) mass is 397 g/mol. The predicted molar refractivity (Wildman–Crippen MR) is 117 cm³/mol. The van der Waals surface area contributed by atoms with Gasteiger partial charge in [-0.3, -0.25) is 0 Å². The van der Waals surface area contributed by atoms with Crippen LogP contribution < -0.4 is 9.47 Å². The molecule has 30 heavy (non-hydrogen) atoms. The zero-order chi connectivity index (χ0) is 20.6. The average molecular weight is 397 g/mol. The van der Waals surface area contributed by atoms with Crippen molar-refractivity contribution in [3.05, 3.63) is 120 Å². The molecule has 0 spiro atoms. The summed E-state index contributed by atoms with van der Waals surface area (Å²) in [6, 6.07) is 34.8. The second-order valence-electron chi connectivity index (χ2n) is 6.94. The van der Waals surface area contributed by atoms with E-state index in [1.165, 1.54) is 5.06 Å². The summed E-state index contributed by atoms with van der Waals surface area (Å²) in [5, 5.41) is 11.6. The van der Waals surface area contributed by atoms with Crippen LogP contribution in [0.3, 0.4) is 0 Å². The molecular formula is C26H23NO3. The highest BCUT2D eigenvalue weighted by Crippen LogP contribution is 2.23. The van der Waals surface area contributed by atoms with Crippen molar-refractivity contribution in [1.29, 1.82) is 0 Å². The molecule has 4 rings (SSSR count). The van der Waals surface area contributed by atoms with Gasteiger partial charge in [-0.2, -0.15) is 5.06 Å². The second kappa shape index (κ2) is 9.74. The summed E-state index contributed by atoms with van der Waals surface area (Å²) >= 11 is 0. The first-order valence-corrected chi connectivity index (χ1v) is 9.82. The van der Waals surface area contributed by atoms with Crippen molar-refractivity contribution in [3.8, 4) is 23.0 Å². The standard InChI is InChI=1S/C26H23NO3/c28-27(19-21-11-15-25(16-12-21)29-23-7-3-1-4-8-23)20-22-13-17-26(18-14-22)30-24-9-5-2-6-10-24/h1-18,28H,19-20H2. The maximum atomic E-state index is 10.3. The number of hydrogen-bond acceptors (Lipinski definition) is 4. The highest BCUT2D eigenvalue weighted by atomic mass is 16.5. The van der Waals surface area contributed by atoms with E-state index in [-0.39, 0.29) is 0 Å². The molecule has 0 aliphatic heterocycles. The van der Waals surface area contributed by atoms with Gasteiger partial charge >= 0.3 is 0 Å². The summed E-state index contributed by atoms with van der Waals surface area (Å²) in [4.78, 5) is 0. The van der Waals surface area contributed by atoms with Gasteiger partial charge in [0.1, 0.15) is 23.0 Å². The Hall–Kier alpha value is -3.60. The van der Waals surface area contributed by atoms with E-state index in [0.29, 0.717) is 13.1 Å². The van der Waals surface area contributed by atoms with E-state index >= 15 is 0 Å². The minimum atomic E-state index is 0.424. The lowest BCUT2D eigenvalue weighted by atomic mass is 10.2. The Kier molecular flexibility index (Phi) is 6.40. The van der Waals surface area contributed by atoms with Gasteiger partial charge in [-0.05, 0) is 59.7 Å². The van der Waals surface area contributed by atoms with Crippen LogP contribution >= 0.6 is 0 Å². The maximum absolute atomic E-state index is 10.3. The highest BCUT2D eigenvalue weighted by Gasteiger charge is 2.06. The molecule has 0 heterocycles. The first-order chi connectivity index (χ1) is 14.7. The van der Waals surface area contributed by atoms with Crippen molar-refractivity contribution in [2.75, 3.05) is 0 Å². The molecule has 0 amide bonds. The zero-order valence-corrected chi connectivity index (χ0v) is 16.5. The van der Waals surface area contributed by atoms with Crippen LogP contribution in [0.25, 0.3) is 0 Å². The summed E-state index contributed by atoms with van der Waals surface area (Å²) in [6.45, 7) is 0.849. The summed E-state index contributed by atoms with van der Waals surface area (Å²) in [6.07, 6.45) is 0. The van der Waals surface area contributed by atoms with Crippen molar-refractivity contribution in [2.24, 2.45) is 0 Å². The lowest BCUT2D eigenvalue weighted by Crippen LogP contribution is -2.17. The molecule has 1 N–H and O–H groups in total. The molecule has 4 nitrogen and oxygen atoms in total. The van der Waals surface area contributed by atoms with Crippen molar-refractivity contribution >= 4 is 0 Å². The molecule has 0 aliphatic rings. The van der Waals surface area contributed by atoms with Crippen LogP contribution in [0.2, 0.25) is 0 Å².